The number of pyridine rings is 1. The number of fused-ring (bicyclic) bond motifs is 1. The third-order valence-corrected chi connectivity index (χ3v) is 7.12. The van der Waals surface area contributed by atoms with Crippen LogP contribution in [0.2, 0.25) is 0 Å². The highest BCUT2D eigenvalue weighted by Crippen LogP contribution is 2.33. The van der Waals surface area contributed by atoms with Crippen LogP contribution < -0.4 is 10.9 Å². The van der Waals surface area contributed by atoms with E-state index in [0.717, 1.165) is 6.26 Å². The average molecular weight is 502 g/mol. The first-order valence-corrected chi connectivity index (χ1v) is 13.4. The summed E-state index contributed by atoms with van der Waals surface area (Å²) in [6.45, 7) is 3.84. The molecule has 2 aromatic heterocycles. The Bertz CT molecular complexity index is 1430. The number of hydrogen-bond donors (Lipinski definition) is 2. The summed E-state index contributed by atoms with van der Waals surface area (Å²) in [5.74, 6) is -1.09. The van der Waals surface area contributed by atoms with E-state index >= 15 is 0 Å². The van der Waals surface area contributed by atoms with E-state index in [-0.39, 0.29) is 40.1 Å². The van der Waals surface area contributed by atoms with E-state index in [9.17, 15) is 22.4 Å². The van der Waals surface area contributed by atoms with Gasteiger partial charge in [-0.15, -0.1) is 0 Å². The number of nitrogens with one attached hydrogen (secondary N) is 2. The molecule has 1 fully saturated rings. The van der Waals surface area contributed by atoms with Gasteiger partial charge in [0.05, 0.1) is 17.2 Å². The molecule has 186 valence electrons. The van der Waals surface area contributed by atoms with Crippen molar-refractivity contribution in [3.05, 3.63) is 53.5 Å². The molecule has 1 aliphatic carbocycles. The Balaban J connectivity index is 1.75. The van der Waals surface area contributed by atoms with Gasteiger partial charge in [0.15, 0.2) is 14.9 Å². The summed E-state index contributed by atoms with van der Waals surface area (Å²) in [7, 11) is -3.56. The fraction of sp³-hybridized carbons (Fsp3) is 0.417. The standard InChI is InChI=1S/C24H28FN5O4S/c1-14(2)27-22(31)16-6-10-18(11-7-16)30-20-12-21(35(3,33)34)26-13-19(20)28-24(30)29-23(32)15-4-8-17(25)9-5-15/h4-5,8-9,12-14,16,18H,6-7,10-11H2,1-3H3,(H,27,31)(H,28,29,32)/t16-,18+. The first kappa shape index (κ1) is 24.8. The number of carbonyl (C=O) groups is 2. The zero-order valence-electron chi connectivity index (χ0n) is 19.8. The van der Waals surface area contributed by atoms with Crippen molar-refractivity contribution in [2.45, 2.75) is 56.6 Å². The number of H-pyrrole nitrogens is 1. The van der Waals surface area contributed by atoms with Crippen LogP contribution in [0.5, 0.6) is 0 Å². The molecule has 2 amide bonds. The lowest BCUT2D eigenvalue weighted by Gasteiger charge is -2.29. The summed E-state index contributed by atoms with van der Waals surface area (Å²) in [6.07, 6.45) is 5.09. The average Bonchev–Trinajstić information content (AvgIpc) is 3.15. The molecule has 0 bridgehead atoms. The smallest absolute Gasteiger partial charge is 0.280 e. The number of amides is 2. The number of sulfone groups is 1. The molecule has 0 spiro atoms. The Labute approximate surface area is 202 Å². The lowest BCUT2D eigenvalue weighted by molar-refractivity contribution is -0.126. The van der Waals surface area contributed by atoms with Crippen molar-refractivity contribution in [3.8, 4) is 0 Å². The molecular weight excluding hydrogens is 473 g/mol. The minimum Gasteiger partial charge on any atom is -0.354 e. The topological polar surface area (TPSA) is 126 Å². The highest BCUT2D eigenvalue weighted by Gasteiger charge is 2.29. The first-order valence-electron chi connectivity index (χ1n) is 11.5. The zero-order valence-corrected chi connectivity index (χ0v) is 20.6. The number of imidazole rings is 1. The van der Waals surface area contributed by atoms with E-state index in [1.54, 1.807) is 0 Å². The molecular formula is C24H28FN5O4S. The van der Waals surface area contributed by atoms with Crippen LogP contribution in [0, 0.1) is 11.7 Å². The molecule has 0 saturated heterocycles. The van der Waals surface area contributed by atoms with E-state index < -0.39 is 21.6 Å². The molecule has 35 heavy (non-hydrogen) atoms. The molecule has 1 saturated carbocycles. The fourth-order valence-electron chi connectivity index (χ4n) is 4.42. The largest absolute Gasteiger partial charge is 0.354 e. The minimum absolute atomic E-state index is 0.0299. The lowest BCUT2D eigenvalue weighted by Crippen LogP contribution is -2.38. The highest BCUT2D eigenvalue weighted by molar-refractivity contribution is 7.90. The van der Waals surface area contributed by atoms with Crippen molar-refractivity contribution in [3.63, 3.8) is 0 Å². The summed E-state index contributed by atoms with van der Waals surface area (Å²) in [6, 6.07) is 6.52. The molecule has 2 heterocycles. The van der Waals surface area contributed by atoms with Crippen molar-refractivity contribution in [1.82, 2.24) is 19.9 Å². The summed E-state index contributed by atoms with van der Waals surface area (Å²) in [4.78, 5) is 36.7. The van der Waals surface area contributed by atoms with E-state index in [0.29, 0.717) is 36.7 Å². The maximum absolute atomic E-state index is 13.3. The van der Waals surface area contributed by atoms with Gasteiger partial charge in [-0.2, -0.15) is 4.99 Å². The van der Waals surface area contributed by atoms with Crippen LogP contribution in [0.25, 0.3) is 11.0 Å². The van der Waals surface area contributed by atoms with E-state index in [1.807, 2.05) is 18.4 Å². The molecule has 11 heteroatoms. The second-order valence-corrected chi connectivity index (χ2v) is 11.2. The Morgan fingerprint density at radius 2 is 1.83 bits per heavy atom. The molecule has 0 radical (unpaired) electrons. The molecule has 9 nitrogen and oxygen atoms in total. The molecule has 2 N–H and O–H groups in total. The minimum atomic E-state index is -3.56. The van der Waals surface area contributed by atoms with Crippen molar-refractivity contribution in [2.24, 2.45) is 10.9 Å². The summed E-state index contributed by atoms with van der Waals surface area (Å²) in [5, 5.41) is 2.87. The highest BCUT2D eigenvalue weighted by atomic mass is 32.2. The molecule has 1 aliphatic rings. The van der Waals surface area contributed by atoms with Crippen molar-refractivity contribution in [1.29, 1.82) is 0 Å². The van der Waals surface area contributed by atoms with Crippen LogP contribution in [0.15, 0.2) is 46.5 Å². The second kappa shape index (κ2) is 9.73. The van der Waals surface area contributed by atoms with Gasteiger partial charge in [-0.25, -0.2) is 17.8 Å². The maximum atomic E-state index is 13.3. The molecule has 0 aliphatic heterocycles. The second-order valence-electron chi connectivity index (χ2n) is 9.22. The Morgan fingerprint density at radius 3 is 2.43 bits per heavy atom. The number of nitrogens with zero attached hydrogens (tertiary/aromatic N) is 3. The Hall–Kier alpha value is -3.34. The van der Waals surface area contributed by atoms with Gasteiger partial charge in [0.2, 0.25) is 11.5 Å². The van der Waals surface area contributed by atoms with E-state index in [1.165, 1.54) is 36.5 Å². The van der Waals surface area contributed by atoms with Gasteiger partial charge in [0.1, 0.15) is 5.82 Å². The predicted molar refractivity (Wildman–Crippen MR) is 128 cm³/mol. The molecule has 4 rings (SSSR count). The monoisotopic (exact) mass is 501 g/mol. The number of carbonyl (C=O) groups excluding carboxylic acids is 2. The van der Waals surface area contributed by atoms with Crippen molar-refractivity contribution >= 4 is 32.7 Å². The SMILES string of the molecule is CC(C)NC(=O)[C@H]1CC[C@@H](n2/c(=N/C(=O)c3ccc(F)cc3)[nH]c3cnc(S(C)(=O)=O)cc32)CC1. The summed E-state index contributed by atoms with van der Waals surface area (Å²) >= 11 is 0. The van der Waals surface area contributed by atoms with Crippen LogP contribution in [-0.2, 0) is 14.6 Å². The van der Waals surface area contributed by atoms with Gasteiger partial charge >= 0.3 is 0 Å². The van der Waals surface area contributed by atoms with Crippen molar-refractivity contribution in [2.75, 3.05) is 6.26 Å². The van der Waals surface area contributed by atoms with Crippen molar-refractivity contribution < 1.29 is 22.4 Å². The number of aromatic nitrogens is 3. The molecule has 0 atom stereocenters. The summed E-state index contributed by atoms with van der Waals surface area (Å²) in [5.41, 5.74) is 1.56. The van der Waals surface area contributed by atoms with Crippen LogP contribution in [-0.4, -0.2) is 47.1 Å². The Morgan fingerprint density at radius 1 is 1.17 bits per heavy atom. The quantitative estimate of drug-likeness (QED) is 0.556. The van der Waals surface area contributed by atoms with E-state index in [4.69, 9.17) is 0 Å². The van der Waals surface area contributed by atoms with Crippen LogP contribution in [0.3, 0.4) is 0 Å². The van der Waals surface area contributed by atoms with Crippen LogP contribution in [0.4, 0.5) is 4.39 Å². The third-order valence-electron chi connectivity index (χ3n) is 6.13. The number of rotatable bonds is 5. The summed E-state index contributed by atoms with van der Waals surface area (Å²) < 4.78 is 39.4. The van der Waals surface area contributed by atoms with Gasteiger partial charge < -0.3 is 14.9 Å². The Kier molecular flexibility index (Phi) is 6.88. The zero-order chi connectivity index (χ0) is 25.3. The predicted octanol–water partition coefficient (Wildman–Crippen LogP) is 2.90. The van der Waals surface area contributed by atoms with Gasteiger partial charge in [-0.3, -0.25) is 9.59 Å². The lowest BCUT2D eigenvalue weighted by atomic mass is 9.85. The normalized spacial score (nSPS) is 19.3. The number of hydrogen-bond acceptors (Lipinski definition) is 5. The van der Waals surface area contributed by atoms with Gasteiger partial charge in [-0.1, -0.05) is 0 Å². The van der Waals surface area contributed by atoms with Crippen LogP contribution in [0.1, 0.15) is 55.9 Å². The number of benzene rings is 1. The van der Waals surface area contributed by atoms with Gasteiger partial charge in [0.25, 0.3) is 5.91 Å². The van der Waals surface area contributed by atoms with Gasteiger partial charge in [0, 0.05) is 35.9 Å². The maximum Gasteiger partial charge on any atom is 0.280 e. The molecule has 3 aromatic rings. The van der Waals surface area contributed by atoms with E-state index in [2.05, 4.69) is 20.3 Å². The number of aromatic amines is 1. The molecule has 0 unspecified atom stereocenters. The number of halogens is 1. The fourth-order valence-corrected chi connectivity index (χ4v) is 4.99. The molecule has 1 aromatic carbocycles. The third kappa shape index (κ3) is 5.50. The first-order chi connectivity index (χ1) is 16.5. The van der Waals surface area contributed by atoms with Gasteiger partial charge in [-0.05, 0) is 63.8 Å². The van der Waals surface area contributed by atoms with Crippen LogP contribution >= 0.6 is 0 Å².